The van der Waals surface area contributed by atoms with Crippen LogP contribution in [-0.4, -0.2) is 36.5 Å². The van der Waals surface area contributed by atoms with E-state index in [0.717, 1.165) is 6.42 Å². The van der Waals surface area contributed by atoms with Crippen LogP contribution < -0.4 is 5.32 Å². The summed E-state index contributed by atoms with van der Waals surface area (Å²) in [7, 11) is 1.86. The summed E-state index contributed by atoms with van der Waals surface area (Å²) in [5.41, 5.74) is 0. The molecule has 3 unspecified atom stereocenters. The molecular formula is C11H18N2O. The maximum atomic E-state index is 12.0. The van der Waals surface area contributed by atoms with Crippen molar-refractivity contribution in [1.82, 2.24) is 10.2 Å². The first-order valence-electron chi connectivity index (χ1n) is 5.34. The second-order valence-corrected chi connectivity index (χ2v) is 4.40. The largest absolute Gasteiger partial charge is 0.342 e. The lowest BCUT2D eigenvalue weighted by Gasteiger charge is -2.24. The summed E-state index contributed by atoms with van der Waals surface area (Å²) in [6.45, 7) is 4.31. The Labute approximate surface area is 85.2 Å². The monoisotopic (exact) mass is 194 g/mol. The summed E-state index contributed by atoms with van der Waals surface area (Å²) in [5.74, 6) is 0.503. The Balaban J connectivity index is 1.95. The maximum absolute atomic E-state index is 12.0. The molecule has 3 heteroatoms. The van der Waals surface area contributed by atoms with Crippen LogP contribution in [0, 0.1) is 5.92 Å². The van der Waals surface area contributed by atoms with Crippen molar-refractivity contribution in [1.29, 1.82) is 0 Å². The minimum absolute atomic E-state index is 0.221. The summed E-state index contributed by atoms with van der Waals surface area (Å²) in [5, 5.41) is 3.48. The van der Waals surface area contributed by atoms with Crippen molar-refractivity contribution in [3.05, 3.63) is 12.7 Å². The quantitative estimate of drug-likeness (QED) is 0.673. The molecule has 2 rings (SSSR count). The normalized spacial score (nSPS) is 34.5. The second-order valence-electron chi connectivity index (χ2n) is 4.40. The standard InChI is InChI=1S/C11H18N2O/c1-3-6-13(2)11(14)9-7-8-4-5-10(9)12-8/h3,8-10,12H,1,4-7H2,2H3. The summed E-state index contributed by atoms with van der Waals surface area (Å²) in [4.78, 5) is 13.7. The van der Waals surface area contributed by atoms with Crippen LogP contribution in [0.1, 0.15) is 19.3 Å². The van der Waals surface area contributed by atoms with Crippen molar-refractivity contribution in [3.8, 4) is 0 Å². The van der Waals surface area contributed by atoms with Gasteiger partial charge in [-0.05, 0) is 19.3 Å². The van der Waals surface area contributed by atoms with Gasteiger partial charge in [0.15, 0.2) is 0 Å². The van der Waals surface area contributed by atoms with Crippen molar-refractivity contribution >= 4 is 5.91 Å². The predicted molar refractivity (Wildman–Crippen MR) is 55.9 cm³/mol. The summed E-state index contributed by atoms with van der Waals surface area (Å²) in [6, 6.07) is 1.05. The van der Waals surface area contributed by atoms with Gasteiger partial charge in [0.1, 0.15) is 0 Å². The highest BCUT2D eigenvalue weighted by molar-refractivity contribution is 5.80. The third kappa shape index (κ3) is 1.57. The highest BCUT2D eigenvalue weighted by atomic mass is 16.2. The van der Waals surface area contributed by atoms with E-state index >= 15 is 0 Å². The van der Waals surface area contributed by atoms with Crippen LogP contribution in [0.5, 0.6) is 0 Å². The average molecular weight is 194 g/mol. The molecule has 2 bridgehead atoms. The van der Waals surface area contributed by atoms with Gasteiger partial charge in [-0.25, -0.2) is 0 Å². The van der Waals surface area contributed by atoms with Crippen LogP contribution in [0.2, 0.25) is 0 Å². The number of hydrogen-bond acceptors (Lipinski definition) is 2. The fourth-order valence-electron chi connectivity index (χ4n) is 2.66. The Kier molecular flexibility index (Phi) is 2.59. The van der Waals surface area contributed by atoms with E-state index in [-0.39, 0.29) is 11.8 Å². The zero-order chi connectivity index (χ0) is 10.1. The van der Waals surface area contributed by atoms with E-state index in [1.807, 2.05) is 7.05 Å². The molecule has 2 saturated heterocycles. The Morgan fingerprint density at radius 1 is 1.64 bits per heavy atom. The van der Waals surface area contributed by atoms with E-state index in [4.69, 9.17) is 0 Å². The van der Waals surface area contributed by atoms with Gasteiger partial charge >= 0.3 is 0 Å². The molecule has 1 amide bonds. The number of likely N-dealkylation sites (N-methyl/N-ethyl adjacent to an activating group) is 1. The molecule has 2 aliphatic rings. The van der Waals surface area contributed by atoms with Gasteiger partial charge in [-0.3, -0.25) is 4.79 Å². The number of hydrogen-bond donors (Lipinski definition) is 1. The van der Waals surface area contributed by atoms with Crippen molar-refractivity contribution in [3.63, 3.8) is 0 Å². The summed E-state index contributed by atoms with van der Waals surface area (Å²) < 4.78 is 0. The zero-order valence-corrected chi connectivity index (χ0v) is 8.70. The van der Waals surface area contributed by atoms with Crippen LogP contribution in [0.25, 0.3) is 0 Å². The van der Waals surface area contributed by atoms with E-state index in [2.05, 4.69) is 11.9 Å². The minimum Gasteiger partial charge on any atom is -0.342 e. The molecule has 2 fully saturated rings. The fourth-order valence-corrected chi connectivity index (χ4v) is 2.66. The first-order chi connectivity index (χ1) is 6.72. The number of carbonyl (C=O) groups is 1. The number of fused-ring (bicyclic) bond motifs is 2. The molecule has 0 aromatic carbocycles. The molecule has 0 radical (unpaired) electrons. The average Bonchev–Trinajstić information content (AvgIpc) is 2.77. The third-order valence-corrected chi connectivity index (χ3v) is 3.40. The Morgan fingerprint density at radius 2 is 2.43 bits per heavy atom. The zero-order valence-electron chi connectivity index (χ0n) is 8.70. The number of rotatable bonds is 3. The molecule has 0 aromatic heterocycles. The van der Waals surface area contributed by atoms with Gasteiger partial charge in [-0.2, -0.15) is 0 Å². The first kappa shape index (κ1) is 9.71. The number of carbonyl (C=O) groups excluding carboxylic acids is 1. The SMILES string of the molecule is C=CCN(C)C(=O)C1CC2CCC1N2. The predicted octanol–water partition coefficient (Wildman–Crippen LogP) is 0.771. The van der Waals surface area contributed by atoms with Gasteiger partial charge in [0, 0.05) is 25.7 Å². The lowest BCUT2D eigenvalue weighted by atomic mass is 9.88. The summed E-state index contributed by atoms with van der Waals surface area (Å²) >= 11 is 0. The molecule has 0 aliphatic carbocycles. The lowest BCUT2D eigenvalue weighted by molar-refractivity contribution is -0.134. The molecule has 0 saturated carbocycles. The molecule has 14 heavy (non-hydrogen) atoms. The highest BCUT2D eigenvalue weighted by Crippen LogP contribution is 2.34. The van der Waals surface area contributed by atoms with E-state index in [9.17, 15) is 4.79 Å². The number of nitrogens with zero attached hydrogens (tertiary/aromatic N) is 1. The van der Waals surface area contributed by atoms with Gasteiger partial charge in [-0.1, -0.05) is 6.08 Å². The van der Waals surface area contributed by atoms with Crippen LogP contribution >= 0.6 is 0 Å². The van der Waals surface area contributed by atoms with Crippen molar-refractivity contribution in [2.24, 2.45) is 5.92 Å². The molecule has 0 aromatic rings. The van der Waals surface area contributed by atoms with Crippen LogP contribution in [0.4, 0.5) is 0 Å². The molecule has 78 valence electrons. The van der Waals surface area contributed by atoms with Crippen LogP contribution in [0.3, 0.4) is 0 Å². The van der Waals surface area contributed by atoms with Gasteiger partial charge < -0.3 is 10.2 Å². The maximum Gasteiger partial charge on any atom is 0.227 e. The van der Waals surface area contributed by atoms with Crippen molar-refractivity contribution in [2.45, 2.75) is 31.3 Å². The fraction of sp³-hybridized carbons (Fsp3) is 0.727. The molecule has 0 spiro atoms. The van der Waals surface area contributed by atoms with Crippen molar-refractivity contribution < 1.29 is 4.79 Å². The molecule has 2 aliphatic heterocycles. The molecule has 1 N–H and O–H groups in total. The topological polar surface area (TPSA) is 32.3 Å². The Bertz CT molecular complexity index is 252. The highest BCUT2D eigenvalue weighted by Gasteiger charge is 2.43. The first-order valence-corrected chi connectivity index (χ1v) is 5.34. The van der Waals surface area contributed by atoms with Gasteiger partial charge in [0.25, 0.3) is 0 Å². The molecule has 2 heterocycles. The Morgan fingerprint density at radius 3 is 2.93 bits per heavy atom. The molecule has 3 nitrogen and oxygen atoms in total. The van der Waals surface area contributed by atoms with Crippen LogP contribution in [0.15, 0.2) is 12.7 Å². The Hall–Kier alpha value is -0.830. The van der Waals surface area contributed by atoms with Gasteiger partial charge in [0.05, 0.1) is 5.92 Å². The second kappa shape index (κ2) is 3.73. The molecular weight excluding hydrogens is 176 g/mol. The van der Waals surface area contributed by atoms with Gasteiger partial charge in [0.2, 0.25) is 5.91 Å². The molecule has 3 atom stereocenters. The van der Waals surface area contributed by atoms with E-state index in [1.54, 1.807) is 11.0 Å². The minimum atomic E-state index is 0.221. The smallest absolute Gasteiger partial charge is 0.227 e. The lowest BCUT2D eigenvalue weighted by Crippen LogP contribution is -2.38. The van der Waals surface area contributed by atoms with Crippen LogP contribution in [-0.2, 0) is 4.79 Å². The van der Waals surface area contributed by atoms with Crippen molar-refractivity contribution in [2.75, 3.05) is 13.6 Å². The van der Waals surface area contributed by atoms with E-state index in [1.165, 1.54) is 12.8 Å². The van der Waals surface area contributed by atoms with Gasteiger partial charge in [-0.15, -0.1) is 6.58 Å². The van der Waals surface area contributed by atoms with E-state index < -0.39 is 0 Å². The van der Waals surface area contributed by atoms with E-state index in [0.29, 0.717) is 18.6 Å². The third-order valence-electron chi connectivity index (χ3n) is 3.40. The number of amides is 1. The number of nitrogens with one attached hydrogen (secondary N) is 1. The summed E-state index contributed by atoms with van der Waals surface area (Å²) in [6.07, 6.45) is 5.23.